The summed E-state index contributed by atoms with van der Waals surface area (Å²) in [7, 11) is 0. The number of hydrogen-bond donors (Lipinski definition) is 1. The highest BCUT2D eigenvalue weighted by atomic mass is 16.5. The first-order valence-corrected chi connectivity index (χ1v) is 7.09. The van der Waals surface area contributed by atoms with Crippen LogP contribution in [0.3, 0.4) is 0 Å². The number of ether oxygens (including phenoxy) is 1. The first kappa shape index (κ1) is 13.4. The van der Waals surface area contributed by atoms with E-state index in [0.717, 1.165) is 28.9 Å². The number of fused-ring (bicyclic) bond motifs is 1. The van der Waals surface area contributed by atoms with Gasteiger partial charge in [-0.1, -0.05) is 30.3 Å². The van der Waals surface area contributed by atoms with Crippen molar-refractivity contribution in [2.45, 2.75) is 6.92 Å². The van der Waals surface area contributed by atoms with Gasteiger partial charge in [0.05, 0.1) is 11.7 Å². The van der Waals surface area contributed by atoms with E-state index in [2.05, 4.69) is 35.4 Å². The number of rotatable bonds is 5. The zero-order valence-corrected chi connectivity index (χ0v) is 12.0. The SMILES string of the molecule is Cc1cccc(NCCOc2cnc3ccccc3c2)c1. The van der Waals surface area contributed by atoms with Crippen molar-refractivity contribution in [3.63, 3.8) is 0 Å². The van der Waals surface area contributed by atoms with Crippen molar-refractivity contribution in [2.24, 2.45) is 0 Å². The van der Waals surface area contributed by atoms with Crippen LogP contribution in [0, 0.1) is 6.92 Å². The van der Waals surface area contributed by atoms with Crippen LogP contribution < -0.4 is 10.1 Å². The average molecular weight is 278 g/mol. The normalized spacial score (nSPS) is 10.5. The molecule has 0 radical (unpaired) electrons. The molecule has 106 valence electrons. The van der Waals surface area contributed by atoms with Crippen molar-refractivity contribution in [1.29, 1.82) is 0 Å². The number of aryl methyl sites for hydroxylation is 1. The van der Waals surface area contributed by atoms with E-state index in [1.165, 1.54) is 5.56 Å². The Kier molecular flexibility index (Phi) is 4.01. The lowest BCUT2D eigenvalue weighted by Gasteiger charge is -2.09. The maximum atomic E-state index is 5.74. The highest BCUT2D eigenvalue weighted by Gasteiger charge is 1.98. The summed E-state index contributed by atoms with van der Waals surface area (Å²) < 4.78 is 5.74. The smallest absolute Gasteiger partial charge is 0.138 e. The topological polar surface area (TPSA) is 34.1 Å². The number of pyridine rings is 1. The van der Waals surface area contributed by atoms with E-state index in [1.54, 1.807) is 6.20 Å². The molecule has 1 heterocycles. The molecule has 3 aromatic rings. The third-order valence-corrected chi connectivity index (χ3v) is 3.28. The summed E-state index contributed by atoms with van der Waals surface area (Å²) >= 11 is 0. The Balaban J connectivity index is 1.54. The number of nitrogens with one attached hydrogen (secondary N) is 1. The Hall–Kier alpha value is -2.55. The van der Waals surface area contributed by atoms with Gasteiger partial charge in [-0.2, -0.15) is 0 Å². The van der Waals surface area contributed by atoms with Crippen LogP contribution in [0.2, 0.25) is 0 Å². The number of para-hydroxylation sites is 1. The highest BCUT2D eigenvalue weighted by Crippen LogP contribution is 2.17. The fraction of sp³-hybridized carbons (Fsp3) is 0.167. The number of nitrogens with zero attached hydrogens (tertiary/aromatic N) is 1. The van der Waals surface area contributed by atoms with E-state index >= 15 is 0 Å². The molecule has 0 atom stereocenters. The second kappa shape index (κ2) is 6.27. The predicted molar refractivity (Wildman–Crippen MR) is 86.9 cm³/mol. The van der Waals surface area contributed by atoms with E-state index in [-0.39, 0.29) is 0 Å². The van der Waals surface area contributed by atoms with Gasteiger partial charge < -0.3 is 10.1 Å². The molecule has 0 unspecified atom stereocenters. The minimum Gasteiger partial charge on any atom is -0.490 e. The van der Waals surface area contributed by atoms with Gasteiger partial charge in [0, 0.05) is 17.6 Å². The largest absolute Gasteiger partial charge is 0.490 e. The second-order valence-electron chi connectivity index (χ2n) is 5.01. The number of hydrogen-bond acceptors (Lipinski definition) is 3. The van der Waals surface area contributed by atoms with Crippen LogP contribution in [0.1, 0.15) is 5.56 Å². The monoisotopic (exact) mass is 278 g/mol. The van der Waals surface area contributed by atoms with E-state index in [1.807, 2.05) is 36.4 Å². The molecular weight excluding hydrogens is 260 g/mol. The quantitative estimate of drug-likeness (QED) is 0.715. The van der Waals surface area contributed by atoms with Crippen LogP contribution in [-0.2, 0) is 0 Å². The molecule has 1 aromatic heterocycles. The summed E-state index contributed by atoms with van der Waals surface area (Å²) in [5.41, 5.74) is 3.36. The minimum absolute atomic E-state index is 0.605. The Bertz CT molecular complexity index is 740. The number of aromatic nitrogens is 1. The van der Waals surface area contributed by atoms with Gasteiger partial charge in [-0.15, -0.1) is 0 Å². The first-order chi connectivity index (χ1) is 10.3. The molecule has 2 aromatic carbocycles. The first-order valence-electron chi connectivity index (χ1n) is 7.09. The van der Waals surface area contributed by atoms with Crippen LogP contribution in [0.25, 0.3) is 10.9 Å². The van der Waals surface area contributed by atoms with E-state index in [4.69, 9.17) is 4.74 Å². The van der Waals surface area contributed by atoms with E-state index in [9.17, 15) is 0 Å². The van der Waals surface area contributed by atoms with Gasteiger partial charge in [0.15, 0.2) is 0 Å². The summed E-state index contributed by atoms with van der Waals surface area (Å²) in [6, 6.07) is 18.4. The fourth-order valence-electron chi connectivity index (χ4n) is 2.25. The molecule has 3 heteroatoms. The van der Waals surface area contributed by atoms with Gasteiger partial charge >= 0.3 is 0 Å². The van der Waals surface area contributed by atoms with Crippen molar-refractivity contribution in [2.75, 3.05) is 18.5 Å². The number of anilines is 1. The molecule has 0 saturated carbocycles. The van der Waals surface area contributed by atoms with Gasteiger partial charge in [-0.3, -0.25) is 4.98 Å². The molecule has 1 N–H and O–H groups in total. The molecule has 0 spiro atoms. The Morgan fingerprint density at radius 3 is 2.86 bits per heavy atom. The Labute approximate surface area is 124 Å². The van der Waals surface area contributed by atoms with Crippen molar-refractivity contribution in [3.05, 3.63) is 66.4 Å². The zero-order valence-electron chi connectivity index (χ0n) is 12.0. The molecular formula is C18H18N2O. The summed E-state index contributed by atoms with van der Waals surface area (Å²) in [5.74, 6) is 0.805. The van der Waals surface area contributed by atoms with Crippen LogP contribution in [0.15, 0.2) is 60.8 Å². The molecule has 0 aliphatic carbocycles. The predicted octanol–water partition coefficient (Wildman–Crippen LogP) is 4.03. The van der Waals surface area contributed by atoms with E-state index < -0.39 is 0 Å². The lowest BCUT2D eigenvalue weighted by atomic mass is 10.2. The molecule has 0 bridgehead atoms. The third kappa shape index (κ3) is 3.51. The molecule has 0 aliphatic rings. The van der Waals surface area contributed by atoms with Crippen LogP contribution in [0.5, 0.6) is 5.75 Å². The molecule has 0 fully saturated rings. The molecule has 0 saturated heterocycles. The van der Waals surface area contributed by atoms with Crippen molar-refractivity contribution < 1.29 is 4.74 Å². The Morgan fingerprint density at radius 1 is 1.05 bits per heavy atom. The standard InChI is InChI=1S/C18H18N2O/c1-14-5-4-7-16(11-14)19-9-10-21-17-12-15-6-2-3-8-18(15)20-13-17/h2-8,11-13,19H,9-10H2,1H3. The third-order valence-electron chi connectivity index (χ3n) is 3.28. The number of benzene rings is 2. The molecule has 0 aliphatic heterocycles. The average Bonchev–Trinajstić information content (AvgIpc) is 2.51. The van der Waals surface area contributed by atoms with E-state index in [0.29, 0.717) is 6.61 Å². The highest BCUT2D eigenvalue weighted by molar-refractivity contribution is 5.79. The minimum atomic E-state index is 0.605. The summed E-state index contributed by atoms with van der Waals surface area (Å²) in [4.78, 5) is 4.38. The fourth-order valence-corrected chi connectivity index (χ4v) is 2.25. The Morgan fingerprint density at radius 2 is 1.95 bits per heavy atom. The van der Waals surface area contributed by atoms with Gasteiger partial charge in [-0.05, 0) is 36.8 Å². The summed E-state index contributed by atoms with van der Waals surface area (Å²) in [5, 5.41) is 4.45. The lowest BCUT2D eigenvalue weighted by Crippen LogP contribution is -2.11. The van der Waals surface area contributed by atoms with Gasteiger partial charge in [0.1, 0.15) is 12.4 Å². The van der Waals surface area contributed by atoms with Gasteiger partial charge in [-0.25, -0.2) is 0 Å². The molecule has 21 heavy (non-hydrogen) atoms. The van der Waals surface area contributed by atoms with Crippen molar-refractivity contribution >= 4 is 16.6 Å². The molecule has 3 nitrogen and oxygen atoms in total. The lowest BCUT2D eigenvalue weighted by molar-refractivity contribution is 0.332. The van der Waals surface area contributed by atoms with Crippen LogP contribution in [-0.4, -0.2) is 18.1 Å². The van der Waals surface area contributed by atoms with Crippen molar-refractivity contribution in [3.8, 4) is 5.75 Å². The molecule has 3 rings (SSSR count). The van der Waals surface area contributed by atoms with Crippen LogP contribution >= 0.6 is 0 Å². The zero-order chi connectivity index (χ0) is 14.5. The van der Waals surface area contributed by atoms with Gasteiger partial charge in [0.25, 0.3) is 0 Å². The maximum Gasteiger partial charge on any atom is 0.138 e. The van der Waals surface area contributed by atoms with Gasteiger partial charge in [0.2, 0.25) is 0 Å². The van der Waals surface area contributed by atoms with Crippen LogP contribution in [0.4, 0.5) is 5.69 Å². The second-order valence-corrected chi connectivity index (χ2v) is 5.01. The summed E-state index contributed by atoms with van der Waals surface area (Å²) in [6.07, 6.45) is 1.77. The summed E-state index contributed by atoms with van der Waals surface area (Å²) in [6.45, 7) is 3.45. The maximum absolute atomic E-state index is 5.74. The molecule has 0 amide bonds. The van der Waals surface area contributed by atoms with Crippen molar-refractivity contribution in [1.82, 2.24) is 4.98 Å².